The van der Waals surface area contributed by atoms with Gasteiger partial charge in [0, 0.05) is 18.3 Å². The average Bonchev–Trinajstić information content (AvgIpc) is 2.56. The van der Waals surface area contributed by atoms with E-state index in [9.17, 15) is 0 Å². The third kappa shape index (κ3) is 2.85. The van der Waals surface area contributed by atoms with Gasteiger partial charge in [0.2, 0.25) is 0 Å². The Labute approximate surface area is 98.2 Å². The average molecular weight is 221 g/mol. The summed E-state index contributed by atoms with van der Waals surface area (Å²) in [6.45, 7) is 8.63. The van der Waals surface area contributed by atoms with Crippen LogP contribution in [0.2, 0.25) is 0 Å². The van der Waals surface area contributed by atoms with Gasteiger partial charge in [0.15, 0.2) is 0 Å². The SMILES string of the molecule is CC(C)(C)n1cc(CNCC2CCC2)cn1. The van der Waals surface area contributed by atoms with Crippen LogP contribution in [-0.4, -0.2) is 16.3 Å². The van der Waals surface area contributed by atoms with Gasteiger partial charge in [-0.3, -0.25) is 4.68 Å². The summed E-state index contributed by atoms with van der Waals surface area (Å²) in [4.78, 5) is 0. The molecule has 0 atom stereocenters. The molecule has 2 rings (SSSR count). The molecule has 3 heteroatoms. The van der Waals surface area contributed by atoms with E-state index < -0.39 is 0 Å². The Morgan fingerprint density at radius 2 is 2.19 bits per heavy atom. The highest BCUT2D eigenvalue weighted by atomic mass is 15.3. The lowest BCUT2D eigenvalue weighted by atomic mass is 9.85. The second-order valence-electron chi connectivity index (χ2n) is 5.89. The van der Waals surface area contributed by atoms with Gasteiger partial charge >= 0.3 is 0 Å². The number of nitrogens with one attached hydrogen (secondary N) is 1. The molecule has 3 nitrogen and oxygen atoms in total. The van der Waals surface area contributed by atoms with Crippen LogP contribution in [0.25, 0.3) is 0 Å². The zero-order valence-corrected chi connectivity index (χ0v) is 10.7. The molecule has 1 aliphatic rings. The van der Waals surface area contributed by atoms with Crippen LogP contribution in [0.3, 0.4) is 0 Å². The quantitative estimate of drug-likeness (QED) is 0.846. The predicted octanol–water partition coefficient (Wildman–Crippen LogP) is 2.53. The molecule has 0 aliphatic heterocycles. The molecule has 1 aromatic rings. The van der Waals surface area contributed by atoms with Crippen molar-refractivity contribution in [1.82, 2.24) is 15.1 Å². The van der Waals surface area contributed by atoms with Gasteiger partial charge in [-0.05, 0) is 46.1 Å². The second-order valence-corrected chi connectivity index (χ2v) is 5.89. The van der Waals surface area contributed by atoms with Crippen molar-refractivity contribution in [2.75, 3.05) is 6.54 Å². The van der Waals surface area contributed by atoms with Crippen molar-refractivity contribution in [2.45, 2.75) is 52.1 Å². The van der Waals surface area contributed by atoms with Crippen molar-refractivity contribution in [3.8, 4) is 0 Å². The molecule has 0 bridgehead atoms. The molecule has 1 saturated carbocycles. The fourth-order valence-corrected chi connectivity index (χ4v) is 1.94. The Morgan fingerprint density at radius 1 is 1.44 bits per heavy atom. The van der Waals surface area contributed by atoms with E-state index in [0.29, 0.717) is 0 Å². The number of rotatable bonds is 4. The summed E-state index contributed by atoms with van der Waals surface area (Å²) in [6, 6.07) is 0. The maximum atomic E-state index is 4.40. The third-order valence-corrected chi connectivity index (χ3v) is 3.31. The van der Waals surface area contributed by atoms with Crippen molar-refractivity contribution in [1.29, 1.82) is 0 Å². The molecule has 0 unspecified atom stereocenters. The van der Waals surface area contributed by atoms with E-state index in [4.69, 9.17) is 0 Å². The molecule has 90 valence electrons. The van der Waals surface area contributed by atoms with Crippen LogP contribution >= 0.6 is 0 Å². The van der Waals surface area contributed by atoms with Crippen LogP contribution in [0, 0.1) is 5.92 Å². The van der Waals surface area contributed by atoms with Crippen LogP contribution in [0.4, 0.5) is 0 Å². The molecule has 0 aromatic carbocycles. The van der Waals surface area contributed by atoms with E-state index in [-0.39, 0.29) is 5.54 Å². The highest BCUT2D eigenvalue weighted by Gasteiger charge is 2.17. The Balaban J connectivity index is 1.78. The number of hydrogen-bond donors (Lipinski definition) is 1. The minimum atomic E-state index is 0.0895. The predicted molar refractivity (Wildman–Crippen MR) is 66.3 cm³/mol. The van der Waals surface area contributed by atoms with Gasteiger partial charge in [-0.25, -0.2) is 0 Å². The number of aromatic nitrogens is 2. The second kappa shape index (κ2) is 4.58. The van der Waals surface area contributed by atoms with Crippen LogP contribution in [0.15, 0.2) is 12.4 Å². The van der Waals surface area contributed by atoms with E-state index in [1.54, 1.807) is 0 Å². The summed E-state index contributed by atoms with van der Waals surface area (Å²) in [7, 11) is 0. The van der Waals surface area contributed by atoms with Crippen LogP contribution in [0.5, 0.6) is 0 Å². The zero-order valence-electron chi connectivity index (χ0n) is 10.7. The van der Waals surface area contributed by atoms with Gasteiger partial charge in [-0.15, -0.1) is 0 Å². The van der Waals surface area contributed by atoms with Gasteiger partial charge in [0.1, 0.15) is 0 Å². The first-order chi connectivity index (χ1) is 7.55. The van der Waals surface area contributed by atoms with Gasteiger partial charge in [-0.1, -0.05) is 6.42 Å². The lowest BCUT2D eigenvalue weighted by Gasteiger charge is -2.25. The Morgan fingerprint density at radius 3 is 2.69 bits per heavy atom. The summed E-state index contributed by atoms with van der Waals surface area (Å²) in [5.74, 6) is 0.928. The maximum Gasteiger partial charge on any atom is 0.0543 e. The molecule has 0 amide bonds. The van der Waals surface area contributed by atoms with Crippen molar-refractivity contribution < 1.29 is 0 Å². The standard InChI is InChI=1S/C13H23N3/c1-13(2,3)16-10-12(9-15-16)8-14-7-11-5-4-6-11/h9-11,14H,4-8H2,1-3H3. The zero-order chi connectivity index (χ0) is 11.6. The molecule has 1 fully saturated rings. The van der Waals surface area contributed by atoms with Gasteiger partial charge in [0.25, 0.3) is 0 Å². The monoisotopic (exact) mass is 221 g/mol. The van der Waals surface area contributed by atoms with Crippen molar-refractivity contribution in [3.63, 3.8) is 0 Å². The maximum absolute atomic E-state index is 4.40. The Kier molecular flexibility index (Phi) is 3.33. The van der Waals surface area contributed by atoms with Crippen LogP contribution in [0.1, 0.15) is 45.6 Å². The topological polar surface area (TPSA) is 29.9 Å². The van der Waals surface area contributed by atoms with Gasteiger partial charge in [0.05, 0.1) is 11.7 Å². The normalized spacial score (nSPS) is 17.4. The first-order valence-electron chi connectivity index (χ1n) is 6.30. The van der Waals surface area contributed by atoms with Crippen LogP contribution in [-0.2, 0) is 12.1 Å². The molecule has 1 heterocycles. The Hall–Kier alpha value is -0.830. The number of nitrogens with zero attached hydrogens (tertiary/aromatic N) is 2. The third-order valence-electron chi connectivity index (χ3n) is 3.31. The highest BCUT2D eigenvalue weighted by Crippen LogP contribution is 2.25. The smallest absolute Gasteiger partial charge is 0.0543 e. The van der Waals surface area contributed by atoms with Gasteiger partial charge in [-0.2, -0.15) is 5.10 Å². The van der Waals surface area contributed by atoms with Gasteiger partial charge < -0.3 is 5.32 Å². The molecule has 1 N–H and O–H groups in total. The van der Waals surface area contributed by atoms with E-state index in [2.05, 4.69) is 37.4 Å². The van der Waals surface area contributed by atoms with E-state index in [1.807, 2.05) is 10.9 Å². The van der Waals surface area contributed by atoms with E-state index >= 15 is 0 Å². The summed E-state index contributed by atoms with van der Waals surface area (Å²) >= 11 is 0. The first kappa shape index (κ1) is 11.6. The highest BCUT2D eigenvalue weighted by molar-refractivity contribution is 5.04. The first-order valence-corrected chi connectivity index (χ1v) is 6.30. The van der Waals surface area contributed by atoms with E-state index in [0.717, 1.165) is 12.5 Å². The minimum Gasteiger partial charge on any atom is -0.312 e. The molecular weight excluding hydrogens is 198 g/mol. The fourth-order valence-electron chi connectivity index (χ4n) is 1.94. The summed E-state index contributed by atoms with van der Waals surface area (Å²) < 4.78 is 2.04. The minimum absolute atomic E-state index is 0.0895. The molecule has 16 heavy (non-hydrogen) atoms. The molecule has 0 spiro atoms. The molecule has 0 radical (unpaired) electrons. The molecule has 0 saturated heterocycles. The lowest BCUT2D eigenvalue weighted by Crippen LogP contribution is -2.26. The summed E-state index contributed by atoms with van der Waals surface area (Å²) in [5, 5.41) is 7.91. The molecule has 1 aliphatic carbocycles. The van der Waals surface area contributed by atoms with Crippen molar-refractivity contribution >= 4 is 0 Å². The van der Waals surface area contributed by atoms with E-state index in [1.165, 1.54) is 31.4 Å². The van der Waals surface area contributed by atoms with Crippen molar-refractivity contribution in [3.05, 3.63) is 18.0 Å². The Bertz CT molecular complexity index is 331. The lowest BCUT2D eigenvalue weighted by molar-refractivity contribution is 0.301. The molecule has 1 aromatic heterocycles. The summed E-state index contributed by atoms with van der Waals surface area (Å²) in [5.41, 5.74) is 1.38. The fraction of sp³-hybridized carbons (Fsp3) is 0.769. The van der Waals surface area contributed by atoms with Crippen molar-refractivity contribution in [2.24, 2.45) is 5.92 Å². The van der Waals surface area contributed by atoms with Crippen LogP contribution < -0.4 is 5.32 Å². The largest absolute Gasteiger partial charge is 0.312 e. The molecular formula is C13H23N3. The summed E-state index contributed by atoms with van der Waals surface area (Å²) in [6.07, 6.45) is 8.36. The number of hydrogen-bond acceptors (Lipinski definition) is 2.